The Bertz CT molecular complexity index is 1180. The van der Waals surface area contributed by atoms with Gasteiger partial charge in [0.1, 0.15) is 18.2 Å². The zero-order valence-corrected chi connectivity index (χ0v) is 17.1. The molecule has 0 unspecified atom stereocenters. The molecule has 0 atom stereocenters. The first-order valence-corrected chi connectivity index (χ1v) is 9.58. The van der Waals surface area contributed by atoms with Crippen molar-refractivity contribution in [2.75, 3.05) is 5.32 Å². The van der Waals surface area contributed by atoms with Crippen LogP contribution >= 0.6 is 0 Å². The number of hydrazone groups is 1. The van der Waals surface area contributed by atoms with Crippen LogP contribution in [-0.4, -0.2) is 17.5 Å². The Morgan fingerprint density at radius 1 is 1.00 bits per heavy atom. The number of anilines is 1. The summed E-state index contributed by atoms with van der Waals surface area (Å²) in [5.74, 6) is -1.59. The summed E-state index contributed by atoms with van der Waals surface area (Å²) in [6.07, 6.45) is 0. The highest BCUT2D eigenvalue weighted by Crippen LogP contribution is 2.16. The maximum Gasteiger partial charge on any atom is 0.329 e. The van der Waals surface area contributed by atoms with E-state index in [2.05, 4.69) is 15.8 Å². The third-order valence-electron chi connectivity index (χ3n) is 4.43. The minimum atomic E-state index is -0.932. The molecule has 0 spiro atoms. The van der Waals surface area contributed by atoms with Crippen LogP contribution < -0.4 is 15.5 Å². The number of carbonyl (C=O) groups excluding carboxylic acids is 2. The zero-order chi connectivity index (χ0) is 22.9. The Labute approximate surface area is 184 Å². The van der Waals surface area contributed by atoms with E-state index in [1.807, 2.05) is 6.07 Å². The molecule has 32 heavy (non-hydrogen) atoms. The van der Waals surface area contributed by atoms with Gasteiger partial charge in [-0.05, 0) is 67.1 Å². The van der Waals surface area contributed by atoms with Crippen molar-refractivity contribution < 1.29 is 18.7 Å². The third kappa shape index (κ3) is 6.00. The molecule has 8 heteroatoms. The van der Waals surface area contributed by atoms with Crippen molar-refractivity contribution in [1.82, 2.24) is 5.43 Å². The minimum Gasteiger partial charge on any atom is -0.489 e. The van der Waals surface area contributed by atoms with Crippen LogP contribution in [0.5, 0.6) is 5.75 Å². The maximum absolute atomic E-state index is 13.7. The molecule has 0 aliphatic carbocycles. The monoisotopic (exact) mass is 430 g/mol. The molecule has 3 rings (SSSR count). The fourth-order valence-electron chi connectivity index (χ4n) is 2.63. The lowest BCUT2D eigenvalue weighted by atomic mass is 10.1. The predicted octanol–water partition coefficient (Wildman–Crippen LogP) is 3.76. The van der Waals surface area contributed by atoms with Crippen LogP contribution in [0, 0.1) is 17.1 Å². The molecule has 0 fully saturated rings. The van der Waals surface area contributed by atoms with Gasteiger partial charge in [0.25, 0.3) is 0 Å². The highest BCUT2D eigenvalue weighted by atomic mass is 19.1. The second kappa shape index (κ2) is 10.5. The van der Waals surface area contributed by atoms with Crippen LogP contribution in [0.3, 0.4) is 0 Å². The Morgan fingerprint density at radius 3 is 2.34 bits per heavy atom. The van der Waals surface area contributed by atoms with Gasteiger partial charge in [0.2, 0.25) is 0 Å². The third-order valence-corrected chi connectivity index (χ3v) is 4.43. The zero-order valence-electron chi connectivity index (χ0n) is 17.1. The second-order valence-corrected chi connectivity index (χ2v) is 6.69. The number of hydrogen-bond donors (Lipinski definition) is 2. The molecule has 0 bridgehead atoms. The normalized spacial score (nSPS) is 10.7. The molecule has 3 aromatic rings. The SMILES string of the molecule is CC(=NNC(=O)C(=O)Nc1ccc(C#N)cc1)c1ccc(OCc2ccccc2F)cc1. The van der Waals surface area contributed by atoms with E-state index in [0.717, 1.165) is 0 Å². The van der Waals surface area contributed by atoms with Crippen molar-refractivity contribution >= 4 is 23.2 Å². The van der Waals surface area contributed by atoms with Crippen LogP contribution in [0.25, 0.3) is 0 Å². The number of halogens is 1. The number of hydrogen-bond acceptors (Lipinski definition) is 5. The van der Waals surface area contributed by atoms with E-state index >= 15 is 0 Å². The first-order chi connectivity index (χ1) is 15.5. The molecule has 0 radical (unpaired) electrons. The lowest BCUT2D eigenvalue weighted by molar-refractivity contribution is -0.136. The van der Waals surface area contributed by atoms with Crippen LogP contribution in [0.1, 0.15) is 23.6 Å². The fraction of sp³-hybridized carbons (Fsp3) is 0.0833. The van der Waals surface area contributed by atoms with Gasteiger partial charge < -0.3 is 10.1 Å². The van der Waals surface area contributed by atoms with Gasteiger partial charge in [-0.1, -0.05) is 18.2 Å². The average molecular weight is 430 g/mol. The molecule has 3 aromatic carbocycles. The molecule has 0 saturated carbocycles. The van der Waals surface area contributed by atoms with E-state index in [-0.39, 0.29) is 12.4 Å². The smallest absolute Gasteiger partial charge is 0.329 e. The summed E-state index contributed by atoms with van der Waals surface area (Å²) in [6.45, 7) is 1.78. The van der Waals surface area contributed by atoms with Gasteiger partial charge in [0, 0.05) is 11.3 Å². The van der Waals surface area contributed by atoms with E-state index in [9.17, 15) is 14.0 Å². The first kappa shape index (κ1) is 22.2. The van der Waals surface area contributed by atoms with Gasteiger partial charge in [0.15, 0.2) is 0 Å². The van der Waals surface area contributed by atoms with Gasteiger partial charge in [-0.25, -0.2) is 9.82 Å². The van der Waals surface area contributed by atoms with E-state index < -0.39 is 11.8 Å². The molecule has 0 saturated heterocycles. The van der Waals surface area contributed by atoms with Crippen molar-refractivity contribution in [3.05, 3.63) is 95.3 Å². The second-order valence-electron chi connectivity index (χ2n) is 6.69. The molecule has 0 aromatic heterocycles. The van der Waals surface area contributed by atoms with Crippen LogP contribution in [0.2, 0.25) is 0 Å². The minimum absolute atomic E-state index is 0.101. The number of amides is 2. The Morgan fingerprint density at radius 2 is 1.69 bits per heavy atom. The van der Waals surface area contributed by atoms with Crippen molar-refractivity contribution in [2.24, 2.45) is 5.10 Å². The van der Waals surface area contributed by atoms with Crippen LogP contribution in [-0.2, 0) is 16.2 Å². The molecule has 2 amide bonds. The summed E-state index contributed by atoms with van der Waals surface area (Å²) in [7, 11) is 0. The molecule has 7 nitrogen and oxygen atoms in total. The molecular formula is C24H19FN4O3. The summed E-state index contributed by atoms with van der Waals surface area (Å²) < 4.78 is 19.2. The van der Waals surface area contributed by atoms with Crippen molar-refractivity contribution in [3.8, 4) is 11.8 Å². The summed E-state index contributed by atoms with van der Waals surface area (Å²) in [5.41, 5.74) is 4.67. The molecule has 0 aliphatic heterocycles. The van der Waals surface area contributed by atoms with E-state index in [1.165, 1.54) is 30.3 Å². The lowest BCUT2D eigenvalue weighted by Crippen LogP contribution is -2.32. The number of nitrogens with zero attached hydrogens (tertiary/aromatic N) is 2. The first-order valence-electron chi connectivity index (χ1n) is 9.58. The number of ether oxygens (including phenoxy) is 1. The van der Waals surface area contributed by atoms with Gasteiger partial charge >= 0.3 is 11.8 Å². The standard InChI is InChI=1S/C24H19FN4O3/c1-16(28-29-24(31)23(30)27-20-10-6-17(14-26)7-11-20)18-8-12-21(13-9-18)32-15-19-4-2-3-5-22(19)25/h2-13H,15H2,1H3,(H,27,30)(H,29,31). The van der Waals surface area contributed by atoms with Crippen LogP contribution in [0.4, 0.5) is 10.1 Å². The number of rotatable bonds is 6. The van der Waals surface area contributed by atoms with Gasteiger partial charge in [-0.3, -0.25) is 9.59 Å². The number of nitrogens with one attached hydrogen (secondary N) is 2. The van der Waals surface area contributed by atoms with Crippen molar-refractivity contribution in [1.29, 1.82) is 5.26 Å². The predicted molar refractivity (Wildman–Crippen MR) is 117 cm³/mol. The summed E-state index contributed by atoms with van der Waals surface area (Å²) in [5, 5.41) is 15.1. The van der Waals surface area contributed by atoms with Gasteiger partial charge in [0.05, 0.1) is 17.3 Å². The number of nitriles is 1. The van der Waals surface area contributed by atoms with E-state index in [0.29, 0.717) is 33.8 Å². The van der Waals surface area contributed by atoms with Gasteiger partial charge in [-0.15, -0.1) is 0 Å². The largest absolute Gasteiger partial charge is 0.489 e. The molecule has 0 aliphatic rings. The van der Waals surface area contributed by atoms with E-state index in [1.54, 1.807) is 49.4 Å². The van der Waals surface area contributed by atoms with Crippen molar-refractivity contribution in [2.45, 2.75) is 13.5 Å². The summed E-state index contributed by atoms with van der Waals surface area (Å²) >= 11 is 0. The molecular weight excluding hydrogens is 411 g/mol. The van der Waals surface area contributed by atoms with Gasteiger partial charge in [-0.2, -0.15) is 10.4 Å². The highest BCUT2D eigenvalue weighted by molar-refractivity contribution is 6.39. The summed E-state index contributed by atoms with van der Waals surface area (Å²) in [6, 6.07) is 21.3. The topological polar surface area (TPSA) is 104 Å². The molecule has 0 heterocycles. The lowest BCUT2D eigenvalue weighted by Gasteiger charge is -2.08. The number of carbonyl (C=O) groups is 2. The molecule has 2 N–H and O–H groups in total. The quantitative estimate of drug-likeness (QED) is 0.353. The Kier molecular flexibility index (Phi) is 7.28. The highest BCUT2D eigenvalue weighted by Gasteiger charge is 2.13. The van der Waals surface area contributed by atoms with Crippen molar-refractivity contribution in [3.63, 3.8) is 0 Å². The van der Waals surface area contributed by atoms with Crippen LogP contribution in [0.15, 0.2) is 77.9 Å². The average Bonchev–Trinajstić information content (AvgIpc) is 2.82. The van der Waals surface area contributed by atoms with E-state index in [4.69, 9.17) is 10.00 Å². The summed E-state index contributed by atoms with van der Waals surface area (Å²) in [4.78, 5) is 23.9. The number of benzene rings is 3. The Balaban J connectivity index is 1.53. The fourth-order valence-corrected chi connectivity index (χ4v) is 2.63. The molecule has 160 valence electrons. The maximum atomic E-state index is 13.7. The Hall–Kier alpha value is -4.51.